The molecule has 4 heterocycles. The number of ketones is 1. The predicted molar refractivity (Wildman–Crippen MR) is 145 cm³/mol. The van der Waals surface area contributed by atoms with E-state index in [1.807, 2.05) is 13.8 Å². The highest BCUT2D eigenvalue weighted by atomic mass is 32.2. The first kappa shape index (κ1) is 28.2. The molecule has 0 aliphatic carbocycles. The van der Waals surface area contributed by atoms with E-state index in [1.165, 1.54) is 29.4 Å². The fourth-order valence-corrected chi connectivity index (χ4v) is 6.73. The van der Waals surface area contributed by atoms with E-state index < -0.39 is 57.6 Å². The third kappa shape index (κ3) is 5.65. The lowest BCUT2D eigenvalue weighted by Crippen LogP contribution is -2.53. The van der Waals surface area contributed by atoms with Gasteiger partial charge in [-0.15, -0.1) is 0 Å². The van der Waals surface area contributed by atoms with Crippen LogP contribution in [0, 0.1) is 5.92 Å². The Morgan fingerprint density at radius 1 is 1.10 bits per heavy atom. The zero-order valence-electron chi connectivity index (χ0n) is 22.3. The number of fused-ring (bicyclic) bond motifs is 2. The summed E-state index contributed by atoms with van der Waals surface area (Å²) in [5.74, 6) is -1.11. The number of sulfonamides is 1. The zero-order chi connectivity index (χ0) is 29.3. The van der Waals surface area contributed by atoms with Crippen LogP contribution in [0.15, 0.2) is 55.0 Å². The van der Waals surface area contributed by atoms with Crippen molar-refractivity contribution in [2.75, 3.05) is 13.1 Å². The molecule has 0 bridgehead atoms. The molecule has 14 heteroatoms. The lowest BCUT2D eigenvalue weighted by molar-refractivity contribution is -0.138. The number of Topliss-reactive ketones (excluding diaryl/α,β-unsaturated/α-hetero) is 1. The van der Waals surface area contributed by atoms with Crippen LogP contribution in [0.5, 0.6) is 5.88 Å². The minimum atomic E-state index is -4.54. The zero-order valence-corrected chi connectivity index (χ0v) is 23.2. The molecule has 41 heavy (non-hydrogen) atoms. The molecule has 5 rings (SSSR count). The van der Waals surface area contributed by atoms with Crippen LogP contribution in [0.2, 0.25) is 0 Å². The van der Waals surface area contributed by atoms with E-state index >= 15 is 0 Å². The van der Waals surface area contributed by atoms with Crippen LogP contribution >= 0.6 is 0 Å². The van der Waals surface area contributed by atoms with Gasteiger partial charge in [0.25, 0.3) is 15.1 Å². The van der Waals surface area contributed by atoms with Crippen LogP contribution in [0.4, 0.5) is 4.79 Å². The second-order valence-corrected chi connectivity index (χ2v) is 12.1. The van der Waals surface area contributed by atoms with Crippen LogP contribution in [0.25, 0.3) is 11.0 Å². The molecule has 3 atom stereocenters. The van der Waals surface area contributed by atoms with Gasteiger partial charge in [-0.05, 0) is 43.0 Å². The first-order valence-electron chi connectivity index (χ1n) is 13.1. The van der Waals surface area contributed by atoms with Crippen molar-refractivity contribution < 1.29 is 32.3 Å². The van der Waals surface area contributed by atoms with Gasteiger partial charge in [-0.1, -0.05) is 26.0 Å². The molecule has 3 unspecified atom stereocenters. The van der Waals surface area contributed by atoms with Gasteiger partial charge in [0.05, 0.1) is 35.4 Å². The summed E-state index contributed by atoms with van der Waals surface area (Å²) in [6, 6.07) is 6.81. The molecule has 2 amide bonds. The molecule has 1 aromatic carbocycles. The van der Waals surface area contributed by atoms with Crippen molar-refractivity contribution >= 4 is 44.0 Å². The SMILES string of the molecule is CC(C)CC(NC(=O)Oc1cnc2ccccc2n1)C(=O)N1CCC2C1C(=O)CN2S(=O)(=O)C(=O)c1cccnc1. The number of hydrogen-bond acceptors (Lipinski definition) is 10. The number of rotatable bonds is 7. The summed E-state index contributed by atoms with van der Waals surface area (Å²) in [5.41, 5.74) is 1.03. The van der Waals surface area contributed by atoms with Gasteiger partial charge in [-0.25, -0.2) is 23.2 Å². The van der Waals surface area contributed by atoms with Crippen molar-refractivity contribution in [2.24, 2.45) is 5.92 Å². The largest absolute Gasteiger partial charge is 0.414 e. The molecule has 0 saturated carbocycles. The predicted octanol–water partition coefficient (Wildman–Crippen LogP) is 1.55. The summed E-state index contributed by atoms with van der Waals surface area (Å²) in [6.07, 6.45) is 3.32. The Balaban J connectivity index is 1.31. The number of para-hydroxylation sites is 2. The van der Waals surface area contributed by atoms with Crippen molar-refractivity contribution in [3.63, 3.8) is 0 Å². The standard InChI is InChI=1S/C27H28N6O7S/c1-16(2)12-20(31-27(37)40-23-14-29-18-7-3-4-8-19(18)30-23)25(35)32-11-9-21-24(32)22(34)15-33(21)41(38,39)26(36)17-6-5-10-28-13-17/h3-8,10,13-14,16,20-21,24H,9,11-12,15H2,1-2H3,(H,31,37). The van der Waals surface area contributed by atoms with Crippen molar-refractivity contribution in [3.8, 4) is 5.88 Å². The highest BCUT2D eigenvalue weighted by molar-refractivity contribution is 8.04. The summed E-state index contributed by atoms with van der Waals surface area (Å²) in [7, 11) is -4.54. The Bertz CT molecular complexity index is 1610. The van der Waals surface area contributed by atoms with Crippen LogP contribution in [-0.2, 0) is 19.6 Å². The molecule has 2 aliphatic heterocycles. The third-order valence-electron chi connectivity index (χ3n) is 7.02. The average molecular weight is 581 g/mol. The second kappa shape index (κ2) is 11.3. The van der Waals surface area contributed by atoms with E-state index in [-0.39, 0.29) is 36.7 Å². The van der Waals surface area contributed by atoms with Gasteiger partial charge in [-0.3, -0.25) is 19.4 Å². The minimum Gasteiger partial charge on any atom is -0.390 e. The highest BCUT2D eigenvalue weighted by Gasteiger charge is 2.55. The normalized spacial score (nSPS) is 19.8. The number of carbonyl (C=O) groups is 4. The molecule has 2 saturated heterocycles. The Hall–Kier alpha value is -4.30. The summed E-state index contributed by atoms with van der Waals surface area (Å²) in [6.45, 7) is 3.29. The number of benzene rings is 1. The van der Waals surface area contributed by atoms with Crippen molar-refractivity contribution in [3.05, 3.63) is 60.6 Å². The maximum Gasteiger partial charge on any atom is 0.414 e. The van der Waals surface area contributed by atoms with Gasteiger partial charge in [0.1, 0.15) is 12.1 Å². The monoisotopic (exact) mass is 580 g/mol. The van der Waals surface area contributed by atoms with Crippen molar-refractivity contribution in [1.29, 1.82) is 0 Å². The minimum absolute atomic E-state index is 0.0173. The Labute approximate surface area is 236 Å². The Kier molecular flexibility index (Phi) is 7.78. The summed E-state index contributed by atoms with van der Waals surface area (Å²) < 4.78 is 32.5. The number of aromatic nitrogens is 3. The third-order valence-corrected chi connectivity index (χ3v) is 8.74. The van der Waals surface area contributed by atoms with Gasteiger partial charge in [0.15, 0.2) is 5.78 Å². The summed E-state index contributed by atoms with van der Waals surface area (Å²) in [5, 5.41) is 1.41. The van der Waals surface area contributed by atoms with Gasteiger partial charge in [0, 0.05) is 18.9 Å². The smallest absolute Gasteiger partial charge is 0.390 e. The number of nitrogens with one attached hydrogen (secondary N) is 1. The number of pyridine rings is 1. The molecular formula is C27H28N6O7S. The highest BCUT2D eigenvalue weighted by Crippen LogP contribution is 2.33. The number of carbonyl (C=O) groups excluding carboxylic acids is 4. The van der Waals surface area contributed by atoms with Crippen molar-refractivity contribution in [2.45, 2.75) is 44.8 Å². The first-order valence-corrected chi connectivity index (χ1v) is 14.5. The van der Waals surface area contributed by atoms with E-state index in [9.17, 15) is 27.6 Å². The quantitative estimate of drug-likeness (QED) is 0.433. The number of amides is 2. The van der Waals surface area contributed by atoms with Crippen LogP contribution in [-0.4, -0.2) is 86.7 Å². The van der Waals surface area contributed by atoms with Crippen LogP contribution < -0.4 is 10.1 Å². The molecule has 0 spiro atoms. The number of likely N-dealkylation sites (tertiary alicyclic amines) is 1. The molecule has 3 aromatic rings. The van der Waals surface area contributed by atoms with E-state index in [0.29, 0.717) is 11.0 Å². The molecule has 13 nitrogen and oxygen atoms in total. The molecule has 0 radical (unpaired) electrons. The average Bonchev–Trinajstić information content (AvgIpc) is 3.53. The first-order chi connectivity index (χ1) is 19.6. The molecular weight excluding hydrogens is 552 g/mol. The Morgan fingerprint density at radius 2 is 1.85 bits per heavy atom. The Morgan fingerprint density at radius 3 is 2.56 bits per heavy atom. The van der Waals surface area contributed by atoms with Crippen LogP contribution in [0.3, 0.4) is 0 Å². The topological polar surface area (TPSA) is 169 Å². The number of ether oxygens (including phenoxy) is 1. The van der Waals surface area contributed by atoms with E-state index in [1.54, 1.807) is 24.3 Å². The lowest BCUT2D eigenvalue weighted by Gasteiger charge is -2.28. The summed E-state index contributed by atoms with van der Waals surface area (Å²) >= 11 is 0. The fourth-order valence-electron chi connectivity index (χ4n) is 5.23. The van der Waals surface area contributed by atoms with Crippen molar-refractivity contribution in [1.82, 2.24) is 29.5 Å². The molecule has 214 valence electrons. The van der Waals surface area contributed by atoms with Gasteiger partial charge < -0.3 is 15.0 Å². The molecule has 2 aliphatic rings. The molecule has 2 fully saturated rings. The van der Waals surface area contributed by atoms with Gasteiger partial charge >= 0.3 is 6.09 Å². The van der Waals surface area contributed by atoms with E-state index in [2.05, 4.69) is 20.3 Å². The van der Waals surface area contributed by atoms with E-state index in [4.69, 9.17) is 4.74 Å². The molecule has 1 N–H and O–H groups in total. The number of nitrogens with zero attached hydrogens (tertiary/aromatic N) is 5. The maximum atomic E-state index is 13.7. The summed E-state index contributed by atoms with van der Waals surface area (Å²) in [4.78, 5) is 65.8. The van der Waals surface area contributed by atoms with Crippen LogP contribution in [0.1, 0.15) is 37.0 Å². The maximum absolute atomic E-state index is 13.7. The molecule has 2 aromatic heterocycles. The number of hydrogen-bond donors (Lipinski definition) is 1. The van der Waals surface area contributed by atoms with E-state index in [0.717, 1.165) is 10.5 Å². The second-order valence-electron chi connectivity index (χ2n) is 10.3. The van der Waals surface area contributed by atoms with Gasteiger partial charge in [-0.2, -0.15) is 4.31 Å². The van der Waals surface area contributed by atoms with Gasteiger partial charge in [0.2, 0.25) is 11.8 Å². The lowest BCUT2D eigenvalue weighted by atomic mass is 10.0. The fraction of sp³-hybridized carbons (Fsp3) is 0.370.